The normalized spacial score (nSPS) is 13.5. The molecule has 3 aromatic carbocycles. The van der Waals surface area contributed by atoms with Crippen LogP contribution in [-0.4, -0.2) is 19.1 Å². The molecular formula is C30H29NO2. The second-order valence-electron chi connectivity index (χ2n) is 7.97. The lowest BCUT2D eigenvalue weighted by Gasteiger charge is -2.31. The van der Waals surface area contributed by atoms with Gasteiger partial charge < -0.3 is 9.64 Å². The van der Waals surface area contributed by atoms with E-state index in [-0.39, 0.29) is 5.91 Å². The maximum Gasteiger partial charge on any atom is 0.227 e. The van der Waals surface area contributed by atoms with E-state index in [1.165, 1.54) is 5.56 Å². The number of amides is 1. The number of fused-ring (bicyclic) bond motifs is 1. The second kappa shape index (κ2) is 11.1. The molecule has 1 amide bonds. The fraction of sp³-hybridized carbons (Fsp3) is 0.167. The number of benzene rings is 3. The number of hydrogen-bond acceptors (Lipinski definition) is 2. The average molecular weight is 436 g/mol. The summed E-state index contributed by atoms with van der Waals surface area (Å²) in [5, 5.41) is 0. The van der Waals surface area contributed by atoms with Crippen molar-refractivity contribution in [2.24, 2.45) is 0 Å². The van der Waals surface area contributed by atoms with Crippen LogP contribution in [-0.2, 0) is 17.6 Å². The van der Waals surface area contributed by atoms with Gasteiger partial charge in [-0.25, -0.2) is 0 Å². The number of hydrogen-bond donors (Lipinski definition) is 0. The van der Waals surface area contributed by atoms with Crippen molar-refractivity contribution >= 4 is 23.7 Å². The van der Waals surface area contributed by atoms with E-state index in [1.54, 1.807) is 0 Å². The standard InChI is InChI=1S/C30H29NO2/c1-2-11-27-26-18-21-30(32)31(22-9-16-24-12-5-3-6-13-24)28(26)19-20-29(27)33-23-10-17-25-14-7-4-8-15-25/h2-10,12-17,19-20H,1,11,18,21-23H2/b16-9+,17-10+. The Balaban J connectivity index is 1.52. The van der Waals surface area contributed by atoms with Crippen LogP contribution >= 0.6 is 0 Å². The molecule has 0 N–H and O–H groups in total. The van der Waals surface area contributed by atoms with Crippen LogP contribution in [0.5, 0.6) is 5.75 Å². The highest BCUT2D eigenvalue weighted by Gasteiger charge is 2.26. The van der Waals surface area contributed by atoms with Crippen molar-refractivity contribution in [1.29, 1.82) is 0 Å². The average Bonchev–Trinajstić information content (AvgIpc) is 2.85. The smallest absolute Gasteiger partial charge is 0.227 e. The predicted molar refractivity (Wildman–Crippen MR) is 137 cm³/mol. The summed E-state index contributed by atoms with van der Waals surface area (Å²) in [4.78, 5) is 14.6. The Morgan fingerprint density at radius 2 is 1.52 bits per heavy atom. The fourth-order valence-electron chi connectivity index (χ4n) is 4.14. The molecule has 0 saturated carbocycles. The Morgan fingerprint density at radius 1 is 0.848 bits per heavy atom. The third kappa shape index (κ3) is 5.69. The Bertz CT molecular complexity index is 1150. The molecule has 3 nitrogen and oxygen atoms in total. The first-order chi connectivity index (χ1) is 16.3. The minimum absolute atomic E-state index is 0.157. The number of rotatable bonds is 9. The summed E-state index contributed by atoms with van der Waals surface area (Å²) in [5.41, 5.74) is 5.57. The van der Waals surface area contributed by atoms with Gasteiger partial charge in [0.05, 0.1) is 0 Å². The molecule has 0 atom stereocenters. The highest BCUT2D eigenvalue weighted by Crippen LogP contribution is 2.36. The van der Waals surface area contributed by atoms with Crippen LogP contribution in [0.15, 0.2) is 97.6 Å². The Kier molecular flexibility index (Phi) is 7.55. The SMILES string of the molecule is C=CCc1c(OC/C=C/c2ccccc2)ccc2c1CCC(=O)N2C/C=C/c1ccccc1. The molecule has 0 aromatic heterocycles. The van der Waals surface area contributed by atoms with E-state index in [1.807, 2.05) is 71.7 Å². The van der Waals surface area contributed by atoms with E-state index in [4.69, 9.17) is 4.74 Å². The lowest BCUT2D eigenvalue weighted by molar-refractivity contribution is -0.118. The third-order valence-corrected chi connectivity index (χ3v) is 5.74. The molecule has 0 aliphatic carbocycles. The lowest BCUT2D eigenvalue weighted by Crippen LogP contribution is -2.35. The first-order valence-electron chi connectivity index (χ1n) is 11.4. The Morgan fingerprint density at radius 3 is 2.18 bits per heavy atom. The van der Waals surface area contributed by atoms with Gasteiger partial charge in [-0.15, -0.1) is 6.58 Å². The highest BCUT2D eigenvalue weighted by molar-refractivity contribution is 5.97. The molecule has 166 valence electrons. The number of anilines is 1. The molecule has 1 aliphatic rings. The molecule has 1 aliphatic heterocycles. The van der Waals surface area contributed by atoms with Gasteiger partial charge in [0.15, 0.2) is 0 Å². The molecule has 4 rings (SSSR count). The van der Waals surface area contributed by atoms with Gasteiger partial charge in [0.2, 0.25) is 5.91 Å². The Labute approximate surface area is 196 Å². The molecule has 3 heteroatoms. The van der Waals surface area contributed by atoms with Gasteiger partial charge >= 0.3 is 0 Å². The van der Waals surface area contributed by atoms with Crippen molar-refractivity contribution in [3.63, 3.8) is 0 Å². The van der Waals surface area contributed by atoms with E-state index in [0.717, 1.165) is 34.5 Å². The highest BCUT2D eigenvalue weighted by atomic mass is 16.5. The summed E-state index contributed by atoms with van der Waals surface area (Å²) >= 11 is 0. The number of carbonyl (C=O) groups excluding carboxylic acids is 1. The molecule has 1 heterocycles. The topological polar surface area (TPSA) is 29.5 Å². The van der Waals surface area contributed by atoms with Crippen molar-refractivity contribution in [2.45, 2.75) is 19.3 Å². The second-order valence-corrected chi connectivity index (χ2v) is 7.97. The number of carbonyl (C=O) groups is 1. The van der Waals surface area contributed by atoms with Crippen LogP contribution in [0.3, 0.4) is 0 Å². The number of nitrogens with zero attached hydrogens (tertiary/aromatic N) is 1. The molecule has 0 fully saturated rings. The van der Waals surface area contributed by atoms with Crippen molar-refractivity contribution in [2.75, 3.05) is 18.1 Å². The molecule has 0 saturated heterocycles. The molecule has 0 radical (unpaired) electrons. The van der Waals surface area contributed by atoms with Gasteiger partial charge in [0.25, 0.3) is 0 Å². The largest absolute Gasteiger partial charge is 0.489 e. The van der Waals surface area contributed by atoms with E-state index in [2.05, 4.69) is 43.0 Å². The van der Waals surface area contributed by atoms with Gasteiger partial charge in [-0.1, -0.05) is 85.0 Å². The predicted octanol–water partition coefficient (Wildman–Crippen LogP) is 6.50. The van der Waals surface area contributed by atoms with Crippen LogP contribution in [0, 0.1) is 0 Å². The first-order valence-corrected chi connectivity index (χ1v) is 11.4. The van der Waals surface area contributed by atoms with Crippen molar-refractivity contribution in [3.8, 4) is 5.75 Å². The Hall–Kier alpha value is -3.85. The van der Waals surface area contributed by atoms with Crippen LogP contribution in [0.25, 0.3) is 12.2 Å². The molecular weight excluding hydrogens is 406 g/mol. The molecule has 3 aromatic rings. The molecule has 0 spiro atoms. The first kappa shape index (κ1) is 22.3. The van der Waals surface area contributed by atoms with Crippen LogP contribution < -0.4 is 9.64 Å². The zero-order valence-electron chi connectivity index (χ0n) is 18.8. The molecule has 33 heavy (non-hydrogen) atoms. The molecule has 0 bridgehead atoms. The van der Waals surface area contributed by atoms with E-state index in [0.29, 0.717) is 26.0 Å². The van der Waals surface area contributed by atoms with Gasteiger partial charge in [-0.3, -0.25) is 4.79 Å². The summed E-state index contributed by atoms with van der Waals surface area (Å²) in [7, 11) is 0. The minimum atomic E-state index is 0.157. The van der Waals surface area contributed by atoms with E-state index < -0.39 is 0 Å². The lowest BCUT2D eigenvalue weighted by atomic mass is 9.93. The van der Waals surface area contributed by atoms with E-state index in [9.17, 15) is 4.79 Å². The quantitative estimate of drug-likeness (QED) is 0.359. The number of allylic oxidation sites excluding steroid dienone is 1. The summed E-state index contributed by atoms with van der Waals surface area (Å²) in [6.07, 6.45) is 12.0. The monoisotopic (exact) mass is 435 g/mol. The van der Waals surface area contributed by atoms with Crippen LogP contribution in [0.4, 0.5) is 5.69 Å². The van der Waals surface area contributed by atoms with Gasteiger partial charge in [-0.05, 0) is 47.7 Å². The van der Waals surface area contributed by atoms with Gasteiger partial charge in [-0.2, -0.15) is 0 Å². The van der Waals surface area contributed by atoms with Crippen molar-refractivity contribution in [3.05, 3.63) is 120 Å². The minimum Gasteiger partial charge on any atom is -0.489 e. The fourth-order valence-corrected chi connectivity index (χ4v) is 4.14. The summed E-state index contributed by atoms with van der Waals surface area (Å²) < 4.78 is 6.13. The summed E-state index contributed by atoms with van der Waals surface area (Å²) in [6, 6.07) is 24.3. The zero-order chi connectivity index (χ0) is 22.9. The summed E-state index contributed by atoms with van der Waals surface area (Å²) in [5.74, 6) is 1.02. The van der Waals surface area contributed by atoms with E-state index >= 15 is 0 Å². The maximum absolute atomic E-state index is 12.7. The number of ether oxygens (including phenoxy) is 1. The van der Waals surface area contributed by atoms with Gasteiger partial charge in [0.1, 0.15) is 12.4 Å². The molecule has 0 unspecified atom stereocenters. The van der Waals surface area contributed by atoms with Crippen LogP contribution in [0.2, 0.25) is 0 Å². The van der Waals surface area contributed by atoms with Crippen molar-refractivity contribution in [1.82, 2.24) is 0 Å². The summed E-state index contributed by atoms with van der Waals surface area (Å²) in [6.45, 7) is 4.97. The van der Waals surface area contributed by atoms with Gasteiger partial charge in [0, 0.05) is 24.2 Å². The van der Waals surface area contributed by atoms with Crippen LogP contribution in [0.1, 0.15) is 28.7 Å². The third-order valence-electron chi connectivity index (χ3n) is 5.74. The maximum atomic E-state index is 12.7. The zero-order valence-corrected chi connectivity index (χ0v) is 18.8. The van der Waals surface area contributed by atoms with Crippen molar-refractivity contribution < 1.29 is 9.53 Å².